The zero-order valence-corrected chi connectivity index (χ0v) is 11.0. The molecular formula is C11H7FN2O6S. The Hall–Kier alpha value is -2.75. The lowest BCUT2D eigenvalue weighted by Gasteiger charge is -2.07. The molecule has 0 fully saturated rings. The molecule has 2 aromatic rings. The number of benzene rings is 1. The van der Waals surface area contributed by atoms with E-state index in [1.54, 1.807) is 0 Å². The summed E-state index contributed by atoms with van der Waals surface area (Å²) < 4.78 is 41.3. The smallest absolute Gasteiger partial charge is 0.298 e. The van der Waals surface area contributed by atoms with Gasteiger partial charge in [0, 0.05) is 5.56 Å². The maximum Gasteiger partial charge on any atom is 0.362 e. The molecule has 10 heteroatoms. The van der Waals surface area contributed by atoms with Crippen molar-refractivity contribution in [3.8, 4) is 0 Å². The fraction of sp³-hybridized carbons (Fsp3) is 0. The Morgan fingerprint density at radius 3 is 2.67 bits per heavy atom. The zero-order valence-electron chi connectivity index (χ0n) is 10.1. The average Bonchev–Trinajstić information content (AvgIpc) is 2.44. The molecule has 0 atom stereocenters. The molecule has 1 aromatic carbocycles. The molecule has 21 heavy (non-hydrogen) atoms. The van der Waals surface area contributed by atoms with E-state index in [4.69, 9.17) is 0 Å². The topological polar surface area (TPSA) is 115 Å². The number of rotatable bonds is 4. The second-order valence-corrected chi connectivity index (χ2v) is 5.31. The van der Waals surface area contributed by atoms with Crippen molar-refractivity contribution in [2.24, 2.45) is 0 Å². The number of H-pyrrole nitrogens is 1. The van der Waals surface area contributed by atoms with Crippen LogP contribution in [0.1, 0.15) is 10.4 Å². The zero-order chi connectivity index (χ0) is 15.6. The Bertz CT molecular complexity index is 915. The molecule has 2 rings (SSSR count). The highest BCUT2D eigenvalue weighted by Crippen LogP contribution is 2.11. The summed E-state index contributed by atoms with van der Waals surface area (Å²) in [6.07, 6.45) is 0.715. The van der Waals surface area contributed by atoms with Crippen LogP contribution in [0, 0.1) is 5.82 Å². The number of aldehydes is 1. The highest BCUT2D eigenvalue weighted by atomic mass is 32.2. The summed E-state index contributed by atoms with van der Waals surface area (Å²) in [7, 11) is -4.48. The number of carbonyl (C=O) groups excluding carboxylic acids is 1. The van der Waals surface area contributed by atoms with Crippen LogP contribution < -0.4 is 15.5 Å². The van der Waals surface area contributed by atoms with Crippen LogP contribution >= 0.6 is 0 Å². The number of aromatic amines is 1. The van der Waals surface area contributed by atoms with Crippen LogP contribution in [-0.2, 0) is 10.1 Å². The van der Waals surface area contributed by atoms with Gasteiger partial charge in [-0.25, -0.2) is 4.79 Å². The number of aromatic nitrogens is 2. The van der Waals surface area contributed by atoms with E-state index in [1.165, 1.54) is 17.1 Å². The van der Waals surface area contributed by atoms with Gasteiger partial charge < -0.3 is 0 Å². The van der Waals surface area contributed by atoms with Crippen LogP contribution in [0.25, 0.3) is 0 Å². The van der Waals surface area contributed by atoms with Gasteiger partial charge >= 0.3 is 15.8 Å². The van der Waals surface area contributed by atoms with E-state index >= 15 is 0 Å². The van der Waals surface area contributed by atoms with Gasteiger partial charge in [0.15, 0.2) is 0 Å². The molecule has 0 aliphatic heterocycles. The summed E-state index contributed by atoms with van der Waals surface area (Å²) in [5.74, 6) is -1.40. The van der Waals surface area contributed by atoms with E-state index in [0.29, 0.717) is 12.5 Å². The van der Waals surface area contributed by atoms with E-state index < -0.39 is 32.1 Å². The van der Waals surface area contributed by atoms with Gasteiger partial charge in [0.05, 0.1) is 6.20 Å². The van der Waals surface area contributed by atoms with Crippen molar-refractivity contribution >= 4 is 16.4 Å². The van der Waals surface area contributed by atoms with Crippen molar-refractivity contribution in [2.45, 2.75) is 4.90 Å². The first-order valence-corrected chi connectivity index (χ1v) is 6.76. The molecule has 0 radical (unpaired) electrons. The molecule has 0 saturated heterocycles. The van der Waals surface area contributed by atoms with Crippen LogP contribution in [-0.4, -0.2) is 24.4 Å². The third-order valence-corrected chi connectivity index (χ3v) is 3.52. The summed E-state index contributed by atoms with van der Waals surface area (Å²) in [5.41, 5.74) is -2.50. The predicted molar refractivity (Wildman–Crippen MR) is 66.9 cm³/mol. The maximum absolute atomic E-state index is 13.0. The highest BCUT2D eigenvalue weighted by molar-refractivity contribution is 7.87. The Morgan fingerprint density at radius 1 is 1.29 bits per heavy atom. The minimum Gasteiger partial charge on any atom is -0.298 e. The van der Waals surface area contributed by atoms with E-state index in [-0.39, 0.29) is 10.3 Å². The summed E-state index contributed by atoms with van der Waals surface area (Å²) >= 11 is 0. The lowest BCUT2D eigenvalue weighted by atomic mass is 10.2. The highest BCUT2D eigenvalue weighted by Gasteiger charge is 2.19. The van der Waals surface area contributed by atoms with E-state index in [1.807, 2.05) is 0 Å². The molecule has 0 bridgehead atoms. The summed E-state index contributed by atoms with van der Waals surface area (Å²) in [6.45, 7) is 0. The third-order valence-electron chi connectivity index (χ3n) is 2.33. The molecule has 110 valence electrons. The molecule has 8 nitrogen and oxygen atoms in total. The average molecular weight is 314 g/mol. The first-order valence-electron chi connectivity index (χ1n) is 5.35. The molecule has 0 spiro atoms. The first kappa shape index (κ1) is 14.7. The number of hydrogen-bond donors (Lipinski definition) is 1. The molecule has 1 N–H and O–H groups in total. The summed E-state index contributed by atoms with van der Waals surface area (Å²) in [4.78, 5) is 33.9. The number of nitrogens with zero attached hydrogens (tertiary/aromatic N) is 1. The van der Waals surface area contributed by atoms with Crippen LogP contribution in [0.5, 0.6) is 0 Å². The van der Waals surface area contributed by atoms with Gasteiger partial charge in [-0.2, -0.15) is 12.8 Å². The standard InChI is InChI=1S/C11H7FN2O6S/c12-9-5-14(11(17)13-10(9)16)20-21(18,19)8-3-1-2-7(4-8)6-15/h1-6H,(H,13,16,17). The van der Waals surface area contributed by atoms with E-state index in [2.05, 4.69) is 4.28 Å². The van der Waals surface area contributed by atoms with Crippen molar-refractivity contribution in [3.05, 3.63) is 62.7 Å². The van der Waals surface area contributed by atoms with Crippen LogP contribution in [0.15, 0.2) is 44.9 Å². The number of halogens is 1. The van der Waals surface area contributed by atoms with Gasteiger partial charge in [-0.1, -0.05) is 12.1 Å². The molecule has 0 aliphatic carbocycles. The molecule has 0 unspecified atom stereocenters. The number of nitrogens with one attached hydrogen (secondary N) is 1. The number of hydrogen-bond acceptors (Lipinski definition) is 6. The molecule has 0 amide bonds. The fourth-order valence-electron chi connectivity index (χ4n) is 1.38. The summed E-state index contributed by atoms with van der Waals surface area (Å²) in [5, 5.41) is 0. The van der Waals surface area contributed by atoms with Crippen LogP contribution in [0.2, 0.25) is 0 Å². The second-order valence-electron chi connectivity index (χ2n) is 3.78. The SMILES string of the molecule is O=Cc1cccc(S(=O)(=O)On2cc(F)c(=O)[nH]c2=O)c1. The molecule has 0 aliphatic rings. The largest absolute Gasteiger partial charge is 0.362 e. The van der Waals surface area contributed by atoms with Gasteiger partial charge in [-0.15, -0.1) is 4.73 Å². The maximum atomic E-state index is 13.0. The molecular weight excluding hydrogens is 307 g/mol. The van der Waals surface area contributed by atoms with Crippen molar-refractivity contribution in [1.29, 1.82) is 0 Å². The predicted octanol–water partition coefficient (Wildman–Crippen LogP) is -0.694. The minimum atomic E-state index is -4.48. The number of carbonyl (C=O) groups is 1. The Labute approximate surface area is 116 Å². The van der Waals surface area contributed by atoms with Crippen molar-refractivity contribution in [3.63, 3.8) is 0 Å². The Morgan fingerprint density at radius 2 is 2.00 bits per heavy atom. The summed E-state index contributed by atoms with van der Waals surface area (Å²) in [6, 6.07) is 4.78. The van der Waals surface area contributed by atoms with Gasteiger partial charge in [0.1, 0.15) is 11.2 Å². The normalized spacial score (nSPS) is 11.1. The van der Waals surface area contributed by atoms with Crippen LogP contribution in [0.4, 0.5) is 4.39 Å². The lowest BCUT2D eigenvalue weighted by molar-refractivity contribution is 0.112. The van der Waals surface area contributed by atoms with Gasteiger partial charge in [0.2, 0.25) is 5.82 Å². The monoisotopic (exact) mass is 314 g/mol. The van der Waals surface area contributed by atoms with Gasteiger partial charge in [-0.05, 0) is 12.1 Å². The minimum absolute atomic E-state index is 0.0274. The molecule has 0 saturated carbocycles. The molecule has 1 aromatic heterocycles. The van der Waals surface area contributed by atoms with E-state index in [0.717, 1.165) is 12.1 Å². The molecule has 1 heterocycles. The van der Waals surface area contributed by atoms with Gasteiger partial charge in [0.25, 0.3) is 5.56 Å². The van der Waals surface area contributed by atoms with Gasteiger partial charge in [-0.3, -0.25) is 18.9 Å². The van der Waals surface area contributed by atoms with Crippen molar-refractivity contribution in [1.82, 2.24) is 9.71 Å². The fourth-order valence-corrected chi connectivity index (χ4v) is 2.31. The third kappa shape index (κ3) is 3.05. The Kier molecular flexibility index (Phi) is 3.72. The first-order chi connectivity index (χ1) is 9.83. The second kappa shape index (κ2) is 5.32. The van der Waals surface area contributed by atoms with Crippen molar-refractivity contribution < 1.29 is 21.9 Å². The lowest BCUT2D eigenvalue weighted by Crippen LogP contribution is -2.37. The van der Waals surface area contributed by atoms with Crippen molar-refractivity contribution in [2.75, 3.05) is 0 Å². The quantitative estimate of drug-likeness (QED) is 0.747. The van der Waals surface area contributed by atoms with Crippen LogP contribution in [0.3, 0.4) is 0 Å². The Balaban J connectivity index is 2.46. The van der Waals surface area contributed by atoms with E-state index in [9.17, 15) is 27.2 Å².